The second kappa shape index (κ2) is 7.28. The molecule has 0 aliphatic carbocycles. The maximum atomic E-state index is 5.36. The van der Waals surface area contributed by atoms with Crippen molar-refractivity contribution in [3.05, 3.63) is 64.7 Å². The fraction of sp³-hybridized carbons (Fsp3) is 0.368. The highest BCUT2D eigenvalue weighted by molar-refractivity contribution is 5.42. The topological polar surface area (TPSA) is 21.3 Å². The van der Waals surface area contributed by atoms with Gasteiger partial charge in [-0.2, -0.15) is 0 Å². The van der Waals surface area contributed by atoms with Gasteiger partial charge < -0.3 is 10.1 Å². The van der Waals surface area contributed by atoms with Gasteiger partial charge in [-0.25, -0.2) is 0 Å². The molecule has 2 rings (SSSR count). The van der Waals surface area contributed by atoms with Crippen molar-refractivity contribution in [2.75, 3.05) is 14.2 Å². The maximum absolute atomic E-state index is 5.36. The molecule has 1 N–H and O–H groups in total. The number of hydrogen-bond acceptors (Lipinski definition) is 2. The van der Waals surface area contributed by atoms with Crippen LogP contribution in [0.15, 0.2) is 42.5 Å². The average molecular weight is 283 g/mol. The lowest BCUT2D eigenvalue weighted by Gasteiger charge is -2.21. The highest BCUT2D eigenvalue weighted by atomic mass is 16.5. The molecule has 2 aromatic carbocycles. The summed E-state index contributed by atoms with van der Waals surface area (Å²) in [5.74, 6) is 0.900. The van der Waals surface area contributed by atoms with Crippen LogP contribution in [0, 0.1) is 0 Å². The van der Waals surface area contributed by atoms with Gasteiger partial charge in [0.05, 0.1) is 13.2 Å². The number of methoxy groups -OCH3 is 1. The van der Waals surface area contributed by atoms with Crippen molar-refractivity contribution in [1.82, 2.24) is 5.32 Å². The molecule has 0 saturated carbocycles. The van der Waals surface area contributed by atoms with Gasteiger partial charge in [-0.1, -0.05) is 44.2 Å². The van der Waals surface area contributed by atoms with Gasteiger partial charge in [0.15, 0.2) is 0 Å². The standard InChI is InChI=1S/C19H25NO/c1-5-14-10-11-15(6-2)18(12-14)19(20-3)16-8-7-9-17(13-16)21-4/h7-13,19-20H,5-6H2,1-4H3. The Morgan fingerprint density at radius 3 is 2.48 bits per heavy atom. The predicted molar refractivity (Wildman–Crippen MR) is 89.1 cm³/mol. The van der Waals surface area contributed by atoms with Crippen molar-refractivity contribution in [2.45, 2.75) is 32.7 Å². The van der Waals surface area contributed by atoms with Crippen molar-refractivity contribution in [2.24, 2.45) is 0 Å². The van der Waals surface area contributed by atoms with Gasteiger partial charge in [0.25, 0.3) is 0 Å². The van der Waals surface area contributed by atoms with E-state index in [1.807, 2.05) is 19.2 Å². The Labute approximate surface area is 128 Å². The minimum Gasteiger partial charge on any atom is -0.497 e. The van der Waals surface area contributed by atoms with Crippen LogP contribution >= 0.6 is 0 Å². The number of hydrogen-bond donors (Lipinski definition) is 1. The molecule has 0 saturated heterocycles. The predicted octanol–water partition coefficient (Wildman–Crippen LogP) is 4.13. The molecule has 2 heteroatoms. The van der Waals surface area contributed by atoms with Crippen LogP contribution in [0.1, 0.15) is 42.1 Å². The van der Waals surface area contributed by atoms with Crippen molar-refractivity contribution >= 4 is 0 Å². The summed E-state index contributed by atoms with van der Waals surface area (Å²) in [6.07, 6.45) is 2.10. The molecule has 0 bridgehead atoms. The second-order valence-corrected chi connectivity index (χ2v) is 5.24. The maximum Gasteiger partial charge on any atom is 0.119 e. The third-order valence-corrected chi connectivity index (χ3v) is 4.03. The summed E-state index contributed by atoms with van der Waals surface area (Å²) < 4.78 is 5.36. The summed E-state index contributed by atoms with van der Waals surface area (Å²) in [4.78, 5) is 0. The van der Waals surface area contributed by atoms with Gasteiger partial charge in [-0.3, -0.25) is 0 Å². The summed E-state index contributed by atoms with van der Waals surface area (Å²) in [7, 11) is 3.73. The summed E-state index contributed by atoms with van der Waals surface area (Å²) in [6.45, 7) is 4.41. The van der Waals surface area contributed by atoms with E-state index in [1.54, 1.807) is 7.11 Å². The van der Waals surface area contributed by atoms with E-state index in [9.17, 15) is 0 Å². The molecule has 21 heavy (non-hydrogen) atoms. The van der Waals surface area contributed by atoms with Crippen LogP contribution in [0.5, 0.6) is 5.75 Å². The van der Waals surface area contributed by atoms with E-state index in [0.29, 0.717) is 0 Å². The summed E-state index contributed by atoms with van der Waals surface area (Å²) in [6, 6.07) is 15.3. The van der Waals surface area contributed by atoms with Gasteiger partial charge in [0.2, 0.25) is 0 Å². The number of ether oxygens (including phenoxy) is 1. The molecule has 0 spiro atoms. The fourth-order valence-electron chi connectivity index (χ4n) is 2.78. The molecule has 1 unspecified atom stereocenters. The molecule has 2 aromatic rings. The molecule has 0 amide bonds. The van der Waals surface area contributed by atoms with Gasteiger partial charge in [0, 0.05) is 0 Å². The van der Waals surface area contributed by atoms with Crippen molar-refractivity contribution in [3.8, 4) is 5.75 Å². The molecule has 0 heterocycles. The second-order valence-electron chi connectivity index (χ2n) is 5.24. The van der Waals surface area contributed by atoms with E-state index in [-0.39, 0.29) is 6.04 Å². The first-order valence-corrected chi connectivity index (χ1v) is 7.66. The number of nitrogens with one attached hydrogen (secondary N) is 1. The molecular formula is C19H25NO. The number of aryl methyl sites for hydroxylation is 2. The van der Waals surface area contributed by atoms with Crippen LogP contribution in [-0.2, 0) is 12.8 Å². The highest BCUT2D eigenvalue weighted by Gasteiger charge is 2.16. The molecule has 0 aliphatic heterocycles. The monoisotopic (exact) mass is 283 g/mol. The molecular weight excluding hydrogens is 258 g/mol. The zero-order valence-electron chi connectivity index (χ0n) is 13.4. The number of rotatable bonds is 6. The lowest BCUT2D eigenvalue weighted by molar-refractivity contribution is 0.413. The Morgan fingerprint density at radius 1 is 1.05 bits per heavy atom. The van der Waals surface area contributed by atoms with Crippen LogP contribution in [0.3, 0.4) is 0 Å². The lowest BCUT2D eigenvalue weighted by atomic mass is 9.91. The van der Waals surface area contributed by atoms with E-state index in [2.05, 4.69) is 49.5 Å². The highest BCUT2D eigenvalue weighted by Crippen LogP contribution is 2.28. The molecule has 0 fully saturated rings. The summed E-state index contributed by atoms with van der Waals surface area (Å²) in [5.41, 5.74) is 5.38. The first kappa shape index (κ1) is 15.6. The van der Waals surface area contributed by atoms with Gasteiger partial charge in [-0.05, 0) is 54.3 Å². The largest absolute Gasteiger partial charge is 0.497 e. The minimum absolute atomic E-state index is 0.196. The Kier molecular flexibility index (Phi) is 5.40. The Hall–Kier alpha value is -1.80. The summed E-state index contributed by atoms with van der Waals surface area (Å²) >= 11 is 0. The van der Waals surface area contributed by atoms with E-state index in [4.69, 9.17) is 4.74 Å². The number of benzene rings is 2. The molecule has 1 atom stereocenters. The zero-order valence-corrected chi connectivity index (χ0v) is 13.4. The van der Waals surface area contributed by atoms with Gasteiger partial charge >= 0.3 is 0 Å². The van der Waals surface area contributed by atoms with Crippen LogP contribution in [0.25, 0.3) is 0 Å². The molecule has 0 aliphatic rings. The summed E-state index contributed by atoms with van der Waals surface area (Å²) in [5, 5.41) is 3.46. The molecule has 0 aromatic heterocycles. The van der Waals surface area contributed by atoms with Gasteiger partial charge in [0.1, 0.15) is 5.75 Å². The fourth-order valence-corrected chi connectivity index (χ4v) is 2.78. The SMILES string of the molecule is CCc1ccc(CC)c(C(NC)c2cccc(OC)c2)c1. The van der Waals surface area contributed by atoms with E-state index < -0.39 is 0 Å². The third-order valence-electron chi connectivity index (χ3n) is 4.03. The zero-order chi connectivity index (χ0) is 15.2. The average Bonchev–Trinajstić information content (AvgIpc) is 2.55. The normalized spacial score (nSPS) is 12.2. The quantitative estimate of drug-likeness (QED) is 0.860. The minimum atomic E-state index is 0.196. The molecule has 2 nitrogen and oxygen atoms in total. The first-order valence-electron chi connectivity index (χ1n) is 7.66. The Balaban J connectivity index is 2.49. The van der Waals surface area contributed by atoms with Gasteiger partial charge in [-0.15, -0.1) is 0 Å². The van der Waals surface area contributed by atoms with Crippen LogP contribution in [0.2, 0.25) is 0 Å². The van der Waals surface area contributed by atoms with Crippen molar-refractivity contribution in [3.63, 3.8) is 0 Å². The van der Waals surface area contributed by atoms with Crippen LogP contribution < -0.4 is 10.1 Å². The van der Waals surface area contributed by atoms with Crippen LogP contribution in [0.4, 0.5) is 0 Å². The lowest BCUT2D eigenvalue weighted by Crippen LogP contribution is -2.19. The molecule has 0 radical (unpaired) electrons. The molecule has 112 valence electrons. The van der Waals surface area contributed by atoms with E-state index in [1.165, 1.54) is 22.3 Å². The third kappa shape index (κ3) is 3.45. The smallest absolute Gasteiger partial charge is 0.119 e. The van der Waals surface area contributed by atoms with Crippen molar-refractivity contribution < 1.29 is 4.74 Å². The van der Waals surface area contributed by atoms with E-state index >= 15 is 0 Å². The first-order chi connectivity index (χ1) is 10.2. The van der Waals surface area contributed by atoms with Crippen LogP contribution in [-0.4, -0.2) is 14.2 Å². The Bertz CT molecular complexity index is 592. The van der Waals surface area contributed by atoms with E-state index in [0.717, 1.165) is 18.6 Å². The Morgan fingerprint density at radius 2 is 1.86 bits per heavy atom. The van der Waals surface area contributed by atoms with Crippen molar-refractivity contribution in [1.29, 1.82) is 0 Å².